The summed E-state index contributed by atoms with van der Waals surface area (Å²) in [5.74, 6) is -1.51. The SMILES string of the molecule is COC(=O)C=C(C)N[C@@H](C(=O)O)C(C)C.[H-].[K+]. The van der Waals surface area contributed by atoms with Crippen molar-refractivity contribution < 1.29 is 72.2 Å². The number of carboxylic acid groups (broad SMARTS) is 1. The molecule has 0 aliphatic carbocycles. The van der Waals surface area contributed by atoms with Crippen LogP contribution in [0.2, 0.25) is 0 Å². The maximum Gasteiger partial charge on any atom is 1.00 e. The van der Waals surface area contributed by atoms with E-state index in [0.717, 1.165) is 0 Å². The van der Waals surface area contributed by atoms with E-state index in [1.165, 1.54) is 13.2 Å². The van der Waals surface area contributed by atoms with Crippen molar-refractivity contribution in [3.05, 3.63) is 11.8 Å². The van der Waals surface area contributed by atoms with Crippen LogP contribution < -0.4 is 56.7 Å². The van der Waals surface area contributed by atoms with E-state index in [1.54, 1.807) is 20.8 Å². The first-order valence-electron chi connectivity index (χ1n) is 4.64. The number of hydrogen-bond donors (Lipinski definition) is 2. The van der Waals surface area contributed by atoms with E-state index >= 15 is 0 Å². The Hall–Kier alpha value is 0.116. The Morgan fingerprint density at radius 3 is 2.25 bits per heavy atom. The summed E-state index contributed by atoms with van der Waals surface area (Å²) in [5, 5.41) is 11.6. The summed E-state index contributed by atoms with van der Waals surface area (Å²) in [6.45, 7) is 5.20. The third-order valence-electron chi connectivity index (χ3n) is 1.85. The fourth-order valence-electron chi connectivity index (χ4n) is 1.04. The summed E-state index contributed by atoms with van der Waals surface area (Å²) in [5.41, 5.74) is 0.475. The zero-order valence-electron chi connectivity index (χ0n) is 11.4. The third-order valence-corrected chi connectivity index (χ3v) is 1.85. The summed E-state index contributed by atoms with van der Waals surface area (Å²) >= 11 is 0. The normalized spacial score (nSPS) is 12.7. The molecule has 0 aliphatic heterocycles. The summed E-state index contributed by atoms with van der Waals surface area (Å²) < 4.78 is 4.42. The molecule has 1 atom stereocenters. The molecule has 5 nitrogen and oxygen atoms in total. The fourth-order valence-corrected chi connectivity index (χ4v) is 1.04. The molecule has 0 saturated carbocycles. The Kier molecular flexibility index (Phi) is 10.6. The minimum atomic E-state index is -0.942. The molecule has 0 amide bonds. The molecule has 0 rings (SSSR count). The minimum absolute atomic E-state index is 0. The fraction of sp³-hybridized carbons (Fsp3) is 0.600. The van der Waals surface area contributed by atoms with Gasteiger partial charge in [-0.1, -0.05) is 13.8 Å². The number of hydrogen-bond acceptors (Lipinski definition) is 4. The Balaban J connectivity index is -0.000000980. The Bertz CT molecular complexity index is 281. The summed E-state index contributed by atoms with van der Waals surface area (Å²) in [6, 6.07) is -0.703. The van der Waals surface area contributed by atoms with Gasteiger partial charge in [-0.15, -0.1) is 0 Å². The van der Waals surface area contributed by atoms with Crippen molar-refractivity contribution in [1.29, 1.82) is 0 Å². The van der Waals surface area contributed by atoms with Gasteiger partial charge in [-0.2, -0.15) is 0 Å². The van der Waals surface area contributed by atoms with Gasteiger partial charge in [0.1, 0.15) is 6.04 Å². The topological polar surface area (TPSA) is 75.6 Å². The number of carboxylic acids is 1. The van der Waals surface area contributed by atoms with Gasteiger partial charge in [-0.25, -0.2) is 9.59 Å². The van der Waals surface area contributed by atoms with Crippen LogP contribution in [0.4, 0.5) is 0 Å². The second-order valence-electron chi connectivity index (χ2n) is 3.55. The van der Waals surface area contributed by atoms with Crippen LogP contribution >= 0.6 is 0 Å². The van der Waals surface area contributed by atoms with Gasteiger partial charge in [0.15, 0.2) is 0 Å². The monoisotopic (exact) mass is 255 g/mol. The molecule has 0 aliphatic rings. The quantitative estimate of drug-likeness (QED) is 0.334. The van der Waals surface area contributed by atoms with Crippen LogP contribution in [0.15, 0.2) is 11.8 Å². The van der Waals surface area contributed by atoms with E-state index in [0.29, 0.717) is 5.70 Å². The van der Waals surface area contributed by atoms with E-state index in [1.807, 2.05) is 0 Å². The van der Waals surface area contributed by atoms with Gasteiger partial charge in [0.25, 0.3) is 0 Å². The molecule has 0 saturated heterocycles. The van der Waals surface area contributed by atoms with Gasteiger partial charge in [-0.3, -0.25) is 0 Å². The predicted molar refractivity (Wildman–Crippen MR) is 56.3 cm³/mol. The Morgan fingerprint density at radius 1 is 1.44 bits per heavy atom. The number of methoxy groups -OCH3 is 1. The molecule has 0 aromatic heterocycles. The number of carbonyl (C=O) groups is 2. The molecule has 0 radical (unpaired) electrons. The second-order valence-corrected chi connectivity index (χ2v) is 3.55. The van der Waals surface area contributed by atoms with Gasteiger partial charge in [0.05, 0.1) is 7.11 Å². The average molecular weight is 255 g/mol. The van der Waals surface area contributed by atoms with Crippen molar-refractivity contribution in [2.24, 2.45) is 5.92 Å². The van der Waals surface area contributed by atoms with Crippen molar-refractivity contribution in [3.63, 3.8) is 0 Å². The predicted octanol–water partition coefficient (Wildman–Crippen LogP) is -2.12. The average Bonchev–Trinajstić information content (AvgIpc) is 2.12. The van der Waals surface area contributed by atoms with E-state index in [4.69, 9.17) is 5.11 Å². The summed E-state index contributed by atoms with van der Waals surface area (Å²) in [4.78, 5) is 21.7. The molecular weight excluding hydrogens is 237 g/mol. The van der Waals surface area contributed by atoms with Gasteiger partial charge in [0.2, 0.25) is 0 Å². The standard InChI is InChI=1S/C10H17NO4.K.H/c1-6(2)9(10(13)14)11-7(3)5-8(12)15-4;;/h5-6,9,11H,1-4H3,(H,13,14);;/q;+1;-1/t9-;;/m1../s1. The summed E-state index contributed by atoms with van der Waals surface area (Å²) in [6.07, 6.45) is 1.22. The maximum atomic E-state index is 10.9. The van der Waals surface area contributed by atoms with Crippen LogP contribution in [-0.2, 0) is 14.3 Å². The third kappa shape index (κ3) is 7.40. The van der Waals surface area contributed by atoms with E-state index in [9.17, 15) is 9.59 Å². The van der Waals surface area contributed by atoms with Crippen molar-refractivity contribution in [2.75, 3.05) is 7.11 Å². The number of rotatable bonds is 5. The molecule has 0 unspecified atom stereocenters. The first kappa shape index (κ1) is 18.5. The minimum Gasteiger partial charge on any atom is -1.00 e. The van der Waals surface area contributed by atoms with Crippen molar-refractivity contribution >= 4 is 11.9 Å². The number of carbonyl (C=O) groups excluding carboxylic acids is 1. The molecule has 88 valence electrons. The molecule has 0 heterocycles. The zero-order valence-corrected chi connectivity index (χ0v) is 13.5. The van der Waals surface area contributed by atoms with Crippen LogP contribution in [0.1, 0.15) is 22.2 Å². The van der Waals surface area contributed by atoms with Crippen molar-refractivity contribution in [2.45, 2.75) is 26.8 Å². The van der Waals surface area contributed by atoms with Gasteiger partial charge < -0.3 is 16.6 Å². The van der Waals surface area contributed by atoms with Crippen LogP contribution in [0, 0.1) is 5.92 Å². The Morgan fingerprint density at radius 2 is 1.94 bits per heavy atom. The van der Waals surface area contributed by atoms with Crippen LogP contribution in [0.25, 0.3) is 0 Å². The van der Waals surface area contributed by atoms with Gasteiger partial charge in [-0.05, 0) is 12.8 Å². The van der Waals surface area contributed by atoms with E-state index in [-0.39, 0.29) is 58.7 Å². The zero-order chi connectivity index (χ0) is 12.0. The van der Waals surface area contributed by atoms with E-state index in [2.05, 4.69) is 10.1 Å². The molecule has 0 bridgehead atoms. The van der Waals surface area contributed by atoms with Gasteiger partial charge >= 0.3 is 63.3 Å². The molecule has 16 heavy (non-hydrogen) atoms. The maximum absolute atomic E-state index is 10.9. The molecule has 0 fully saturated rings. The molecule has 0 aromatic carbocycles. The molecule has 6 heteroatoms. The number of allylic oxidation sites excluding steroid dienone is 1. The number of nitrogens with one attached hydrogen (secondary N) is 1. The first-order chi connectivity index (χ1) is 6.88. The smallest absolute Gasteiger partial charge is 1.00 e. The molecular formula is C10H18KNO4. The molecule has 2 N–H and O–H groups in total. The number of aliphatic carboxylic acids is 1. The van der Waals surface area contributed by atoms with Crippen LogP contribution in [0.3, 0.4) is 0 Å². The van der Waals surface area contributed by atoms with Crippen molar-refractivity contribution in [1.82, 2.24) is 5.32 Å². The number of esters is 1. The largest absolute Gasteiger partial charge is 1.00 e. The molecule has 0 spiro atoms. The van der Waals surface area contributed by atoms with Crippen LogP contribution in [0.5, 0.6) is 0 Å². The van der Waals surface area contributed by atoms with Crippen LogP contribution in [-0.4, -0.2) is 30.2 Å². The van der Waals surface area contributed by atoms with Gasteiger partial charge in [0, 0.05) is 11.8 Å². The Labute approximate surface area is 140 Å². The second kappa shape index (κ2) is 9.18. The van der Waals surface area contributed by atoms with Crippen molar-refractivity contribution in [3.8, 4) is 0 Å². The first-order valence-corrected chi connectivity index (χ1v) is 4.64. The van der Waals surface area contributed by atoms with E-state index < -0.39 is 18.0 Å². The number of ether oxygens (including phenoxy) is 1. The molecule has 0 aromatic rings. The summed E-state index contributed by atoms with van der Waals surface area (Å²) in [7, 11) is 1.27.